The minimum Gasteiger partial charge on any atom is -0.399 e. The number of aromatic nitrogens is 1. The van der Waals surface area contributed by atoms with Crippen LogP contribution in [-0.2, 0) is 11.2 Å². The number of nitrogens with zero attached hydrogens (tertiary/aromatic N) is 1. The molecule has 1 amide bonds. The van der Waals surface area contributed by atoms with E-state index in [9.17, 15) is 4.79 Å². The van der Waals surface area contributed by atoms with Crippen LogP contribution in [0.3, 0.4) is 0 Å². The average molecular weight is 393 g/mol. The van der Waals surface area contributed by atoms with Crippen molar-refractivity contribution in [1.82, 2.24) is 10.3 Å². The zero-order valence-electron chi connectivity index (χ0n) is 14.7. The van der Waals surface area contributed by atoms with Gasteiger partial charge in [-0.2, -0.15) is 0 Å². The van der Waals surface area contributed by atoms with Crippen LogP contribution in [0.4, 0.5) is 5.82 Å². The molecule has 0 fully saturated rings. The predicted molar refractivity (Wildman–Crippen MR) is 107 cm³/mol. The van der Waals surface area contributed by atoms with E-state index in [1.165, 1.54) is 0 Å². The molecule has 0 aliphatic carbocycles. The monoisotopic (exact) mass is 392 g/mol. The highest BCUT2D eigenvalue weighted by Crippen LogP contribution is 2.27. The number of carbonyl (C=O) groups is 1. The third-order valence-electron chi connectivity index (χ3n) is 4.00. The molecule has 0 saturated carbocycles. The number of hydrogen-bond donors (Lipinski definition) is 3. The van der Waals surface area contributed by atoms with Crippen LogP contribution in [0.2, 0.25) is 10.0 Å². The van der Waals surface area contributed by atoms with Gasteiger partial charge < -0.3 is 16.4 Å². The van der Waals surface area contributed by atoms with Crippen molar-refractivity contribution in [1.29, 1.82) is 0 Å². The van der Waals surface area contributed by atoms with Crippen LogP contribution in [0.5, 0.6) is 0 Å². The molecule has 1 atom stereocenters. The first kappa shape index (κ1) is 20.1. The highest BCUT2D eigenvalue weighted by atomic mass is 35.5. The summed E-state index contributed by atoms with van der Waals surface area (Å²) in [4.78, 5) is 15.1. The Morgan fingerprint density at radius 1 is 1.31 bits per heavy atom. The summed E-state index contributed by atoms with van der Waals surface area (Å²) < 4.78 is 0. The summed E-state index contributed by atoms with van der Waals surface area (Å²) in [6.45, 7) is 3.79. The number of pyridine rings is 1. The minimum atomic E-state index is -0.310. The molecule has 1 unspecified atom stereocenters. The standard InChI is InChI=1S/C19H22Cl2N4O/c1-12-6-9-17(23-10-12)25-16(19(22)13(2)24-11-26)8-7-14-4-3-5-15(20)18(14)21/h3-6,9-11,13H,7-8,22H2,1-2H3,(H,23,25)(H,24,26)/b19-16-. The fourth-order valence-corrected chi connectivity index (χ4v) is 2.84. The zero-order chi connectivity index (χ0) is 19.1. The van der Waals surface area contributed by atoms with Crippen molar-refractivity contribution >= 4 is 35.4 Å². The molecule has 138 valence electrons. The van der Waals surface area contributed by atoms with Gasteiger partial charge in [0.15, 0.2) is 0 Å². The van der Waals surface area contributed by atoms with Crippen LogP contribution < -0.4 is 16.4 Å². The van der Waals surface area contributed by atoms with Gasteiger partial charge in [-0.05, 0) is 49.9 Å². The molecule has 0 aliphatic heterocycles. The van der Waals surface area contributed by atoms with Gasteiger partial charge in [0, 0.05) is 11.9 Å². The SMILES string of the molecule is Cc1ccc(N/C(CCc2cccc(Cl)c2Cl)=C(\N)C(C)NC=O)nc1. The van der Waals surface area contributed by atoms with Crippen molar-refractivity contribution in [3.8, 4) is 0 Å². The fourth-order valence-electron chi connectivity index (χ4n) is 2.43. The van der Waals surface area contributed by atoms with Crippen LogP contribution in [-0.4, -0.2) is 17.4 Å². The number of allylic oxidation sites excluding steroid dienone is 1. The zero-order valence-corrected chi connectivity index (χ0v) is 16.2. The number of anilines is 1. The van der Waals surface area contributed by atoms with Crippen LogP contribution in [0.1, 0.15) is 24.5 Å². The van der Waals surface area contributed by atoms with E-state index in [1.807, 2.05) is 38.1 Å². The van der Waals surface area contributed by atoms with Gasteiger partial charge in [0.25, 0.3) is 0 Å². The van der Waals surface area contributed by atoms with Gasteiger partial charge in [0.2, 0.25) is 6.41 Å². The maximum atomic E-state index is 10.7. The highest BCUT2D eigenvalue weighted by molar-refractivity contribution is 6.42. The Balaban J connectivity index is 2.24. The lowest BCUT2D eigenvalue weighted by Gasteiger charge is -2.19. The van der Waals surface area contributed by atoms with Crippen LogP contribution in [0, 0.1) is 6.92 Å². The van der Waals surface area contributed by atoms with E-state index in [0.717, 1.165) is 16.8 Å². The molecular weight excluding hydrogens is 371 g/mol. The number of nitrogens with two attached hydrogens (primary N) is 1. The fraction of sp³-hybridized carbons (Fsp3) is 0.263. The van der Waals surface area contributed by atoms with Gasteiger partial charge >= 0.3 is 0 Å². The Bertz CT molecular complexity index is 791. The van der Waals surface area contributed by atoms with E-state index in [0.29, 0.717) is 40.8 Å². The van der Waals surface area contributed by atoms with E-state index in [-0.39, 0.29) is 6.04 Å². The van der Waals surface area contributed by atoms with Crippen LogP contribution >= 0.6 is 23.2 Å². The van der Waals surface area contributed by atoms with Crippen molar-refractivity contribution in [2.75, 3.05) is 5.32 Å². The van der Waals surface area contributed by atoms with E-state index in [4.69, 9.17) is 28.9 Å². The van der Waals surface area contributed by atoms with Crippen molar-refractivity contribution < 1.29 is 4.79 Å². The summed E-state index contributed by atoms with van der Waals surface area (Å²) in [5, 5.41) is 6.99. The van der Waals surface area contributed by atoms with Crippen LogP contribution in [0.15, 0.2) is 47.9 Å². The first-order chi connectivity index (χ1) is 12.4. The molecule has 0 radical (unpaired) electrons. The second-order valence-electron chi connectivity index (χ2n) is 6.00. The molecule has 26 heavy (non-hydrogen) atoms. The van der Waals surface area contributed by atoms with E-state index >= 15 is 0 Å². The Morgan fingerprint density at radius 2 is 2.08 bits per heavy atom. The number of halogens is 2. The van der Waals surface area contributed by atoms with E-state index < -0.39 is 0 Å². The summed E-state index contributed by atoms with van der Waals surface area (Å²) >= 11 is 12.4. The molecule has 0 spiro atoms. The van der Waals surface area contributed by atoms with Gasteiger partial charge in [0.05, 0.1) is 21.8 Å². The average Bonchev–Trinajstić information content (AvgIpc) is 2.63. The summed E-state index contributed by atoms with van der Waals surface area (Å²) in [5.74, 6) is 0.684. The largest absolute Gasteiger partial charge is 0.399 e. The summed E-state index contributed by atoms with van der Waals surface area (Å²) in [7, 11) is 0. The lowest BCUT2D eigenvalue weighted by molar-refractivity contribution is -0.109. The molecule has 4 N–H and O–H groups in total. The molecule has 0 aliphatic rings. The topological polar surface area (TPSA) is 80.0 Å². The first-order valence-electron chi connectivity index (χ1n) is 8.23. The molecule has 5 nitrogen and oxygen atoms in total. The minimum absolute atomic E-state index is 0.310. The maximum Gasteiger partial charge on any atom is 0.207 e. The molecule has 0 saturated heterocycles. The predicted octanol–water partition coefficient (Wildman–Crippen LogP) is 4.05. The number of hydrogen-bond acceptors (Lipinski definition) is 4. The van der Waals surface area contributed by atoms with Crippen LogP contribution in [0.25, 0.3) is 0 Å². The molecule has 2 rings (SSSR count). The Morgan fingerprint density at radius 3 is 2.73 bits per heavy atom. The van der Waals surface area contributed by atoms with Gasteiger partial charge in [-0.3, -0.25) is 4.79 Å². The highest BCUT2D eigenvalue weighted by Gasteiger charge is 2.13. The quantitative estimate of drug-likeness (QED) is 0.592. The van der Waals surface area contributed by atoms with E-state index in [2.05, 4.69) is 15.6 Å². The Labute approximate surface area is 163 Å². The smallest absolute Gasteiger partial charge is 0.207 e. The van der Waals surface area contributed by atoms with Gasteiger partial charge in [-0.1, -0.05) is 41.4 Å². The maximum absolute atomic E-state index is 10.7. The first-order valence-corrected chi connectivity index (χ1v) is 8.98. The molecule has 1 heterocycles. The summed E-state index contributed by atoms with van der Waals surface area (Å²) in [6.07, 6.45) is 3.64. The molecule has 0 bridgehead atoms. The number of benzene rings is 1. The molecule has 7 heteroatoms. The molecular formula is C19H22Cl2N4O. The number of rotatable bonds is 8. The third-order valence-corrected chi connectivity index (χ3v) is 4.86. The van der Waals surface area contributed by atoms with Gasteiger partial charge in [-0.25, -0.2) is 4.98 Å². The molecule has 2 aromatic rings. The summed E-state index contributed by atoms with van der Waals surface area (Å²) in [6, 6.07) is 9.08. The lowest BCUT2D eigenvalue weighted by Crippen LogP contribution is -2.32. The lowest BCUT2D eigenvalue weighted by atomic mass is 10.0. The Kier molecular flexibility index (Phi) is 7.30. The van der Waals surface area contributed by atoms with E-state index in [1.54, 1.807) is 12.3 Å². The summed E-state index contributed by atoms with van der Waals surface area (Å²) in [5.41, 5.74) is 9.58. The molecule has 1 aromatic heterocycles. The third kappa shape index (κ3) is 5.38. The number of carbonyl (C=O) groups excluding carboxylic acids is 1. The second kappa shape index (κ2) is 9.46. The second-order valence-corrected chi connectivity index (χ2v) is 6.78. The van der Waals surface area contributed by atoms with Crippen molar-refractivity contribution in [2.24, 2.45) is 5.73 Å². The Hall–Kier alpha value is -2.24. The van der Waals surface area contributed by atoms with Crippen molar-refractivity contribution in [2.45, 2.75) is 32.7 Å². The normalized spacial score (nSPS) is 12.9. The number of nitrogens with one attached hydrogen (secondary N) is 2. The number of aryl methyl sites for hydroxylation is 2. The van der Waals surface area contributed by atoms with Crippen molar-refractivity contribution in [3.63, 3.8) is 0 Å². The van der Waals surface area contributed by atoms with Gasteiger partial charge in [0.1, 0.15) is 5.82 Å². The van der Waals surface area contributed by atoms with Crippen molar-refractivity contribution in [3.05, 3.63) is 69.1 Å². The van der Waals surface area contributed by atoms with Gasteiger partial charge in [-0.15, -0.1) is 0 Å². The molecule has 1 aromatic carbocycles. The number of amides is 1.